The van der Waals surface area contributed by atoms with E-state index in [1.54, 1.807) is 17.0 Å². The number of carbonyl (C=O) groups is 1. The van der Waals surface area contributed by atoms with Crippen molar-refractivity contribution in [1.82, 2.24) is 9.62 Å². The monoisotopic (exact) mass is 374 g/mol. The first-order chi connectivity index (χ1) is 12.3. The summed E-state index contributed by atoms with van der Waals surface area (Å²) in [6.07, 6.45) is 0.861. The summed E-state index contributed by atoms with van der Waals surface area (Å²) >= 11 is 0. The second kappa shape index (κ2) is 8.96. The lowest BCUT2D eigenvalue weighted by molar-refractivity contribution is -0.129. The van der Waals surface area contributed by atoms with E-state index >= 15 is 0 Å². The molecule has 0 atom stereocenters. The molecule has 0 radical (unpaired) electrons. The standard InChI is InChI=1S/C20H26N2O3S/c1-4-18-9-11-20(12-10-18)26(24,25)21-13-14-22(17(3)23)15-19-7-5-16(2)6-8-19/h5-12,21H,4,13-15H2,1-3H3. The molecule has 2 aromatic carbocycles. The molecule has 0 bridgehead atoms. The van der Waals surface area contributed by atoms with Gasteiger partial charge in [-0.15, -0.1) is 0 Å². The van der Waals surface area contributed by atoms with Crippen molar-refractivity contribution in [2.75, 3.05) is 13.1 Å². The summed E-state index contributed by atoms with van der Waals surface area (Å²) in [6, 6.07) is 14.8. The Hall–Kier alpha value is -2.18. The van der Waals surface area contributed by atoms with E-state index in [2.05, 4.69) is 4.72 Å². The SMILES string of the molecule is CCc1ccc(S(=O)(=O)NCCN(Cc2ccc(C)cc2)C(C)=O)cc1. The number of hydrogen-bond acceptors (Lipinski definition) is 3. The maximum Gasteiger partial charge on any atom is 0.240 e. The van der Waals surface area contributed by atoms with Crippen molar-refractivity contribution in [3.8, 4) is 0 Å². The number of hydrogen-bond donors (Lipinski definition) is 1. The van der Waals surface area contributed by atoms with Gasteiger partial charge in [0.25, 0.3) is 0 Å². The highest BCUT2D eigenvalue weighted by molar-refractivity contribution is 7.89. The number of carbonyl (C=O) groups excluding carboxylic acids is 1. The molecule has 6 heteroatoms. The molecule has 0 unspecified atom stereocenters. The van der Waals surface area contributed by atoms with Crippen LogP contribution in [-0.2, 0) is 27.8 Å². The predicted octanol–water partition coefficient (Wildman–Crippen LogP) is 2.88. The molecule has 0 saturated carbocycles. The Labute approximate surface area is 156 Å². The maximum atomic E-state index is 12.4. The molecule has 26 heavy (non-hydrogen) atoms. The van der Waals surface area contributed by atoms with Gasteiger partial charge in [-0.25, -0.2) is 13.1 Å². The fourth-order valence-electron chi connectivity index (χ4n) is 2.56. The van der Waals surface area contributed by atoms with Gasteiger partial charge >= 0.3 is 0 Å². The van der Waals surface area contributed by atoms with Gasteiger partial charge in [0.1, 0.15) is 0 Å². The van der Waals surface area contributed by atoms with E-state index in [1.807, 2.05) is 50.2 Å². The fourth-order valence-corrected chi connectivity index (χ4v) is 3.59. The molecule has 1 N–H and O–H groups in total. The van der Waals surface area contributed by atoms with Gasteiger partial charge in [-0.1, -0.05) is 48.9 Å². The van der Waals surface area contributed by atoms with E-state index in [-0.39, 0.29) is 17.3 Å². The zero-order valence-electron chi connectivity index (χ0n) is 15.5. The second-order valence-corrected chi connectivity index (χ2v) is 8.09. The van der Waals surface area contributed by atoms with Crippen molar-refractivity contribution >= 4 is 15.9 Å². The maximum absolute atomic E-state index is 12.4. The summed E-state index contributed by atoms with van der Waals surface area (Å²) in [4.78, 5) is 13.7. The van der Waals surface area contributed by atoms with Gasteiger partial charge in [-0.05, 0) is 36.6 Å². The van der Waals surface area contributed by atoms with E-state index < -0.39 is 10.0 Å². The number of nitrogens with zero attached hydrogens (tertiary/aromatic N) is 1. The van der Waals surface area contributed by atoms with Crippen molar-refractivity contribution in [1.29, 1.82) is 0 Å². The summed E-state index contributed by atoms with van der Waals surface area (Å²) in [6.45, 7) is 6.47. The van der Waals surface area contributed by atoms with Crippen LogP contribution in [-0.4, -0.2) is 32.3 Å². The van der Waals surface area contributed by atoms with Crippen LogP contribution >= 0.6 is 0 Å². The van der Waals surface area contributed by atoms with Crippen LogP contribution in [0.4, 0.5) is 0 Å². The Morgan fingerprint density at radius 2 is 1.58 bits per heavy atom. The lowest BCUT2D eigenvalue weighted by Gasteiger charge is -2.21. The number of nitrogens with one attached hydrogen (secondary N) is 1. The quantitative estimate of drug-likeness (QED) is 0.773. The average molecular weight is 375 g/mol. The van der Waals surface area contributed by atoms with E-state index in [9.17, 15) is 13.2 Å². The first-order valence-corrected chi connectivity index (χ1v) is 10.2. The van der Waals surface area contributed by atoms with Crippen LogP contribution in [0.2, 0.25) is 0 Å². The van der Waals surface area contributed by atoms with E-state index in [0.29, 0.717) is 13.1 Å². The molecule has 5 nitrogen and oxygen atoms in total. The molecule has 0 aliphatic rings. The Kier molecular flexibility index (Phi) is 6.94. The van der Waals surface area contributed by atoms with Gasteiger partial charge in [0, 0.05) is 26.6 Å². The number of sulfonamides is 1. The van der Waals surface area contributed by atoms with Crippen LogP contribution in [0.3, 0.4) is 0 Å². The summed E-state index contributed by atoms with van der Waals surface area (Å²) in [5.41, 5.74) is 3.26. The molecule has 2 aromatic rings. The highest BCUT2D eigenvalue weighted by Crippen LogP contribution is 2.11. The topological polar surface area (TPSA) is 66.5 Å². The summed E-state index contributed by atoms with van der Waals surface area (Å²) in [5, 5.41) is 0. The Balaban J connectivity index is 1.95. The van der Waals surface area contributed by atoms with Gasteiger partial charge in [0.2, 0.25) is 15.9 Å². The van der Waals surface area contributed by atoms with E-state index in [1.165, 1.54) is 6.92 Å². The molecule has 0 aromatic heterocycles. The average Bonchev–Trinajstić information content (AvgIpc) is 2.62. The highest BCUT2D eigenvalue weighted by Gasteiger charge is 2.15. The molecule has 0 aliphatic carbocycles. The molecule has 0 heterocycles. The van der Waals surface area contributed by atoms with E-state index in [0.717, 1.165) is 23.1 Å². The van der Waals surface area contributed by atoms with Crippen molar-refractivity contribution in [3.05, 3.63) is 65.2 Å². The first-order valence-electron chi connectivity index (χ1n) is 8.71. The zero-order valence-corrected chi connectivity index (χ0v) is 16.3. The Morgan fingerprint density at radius 3 is 2.12 bits per heavy atom. The van der Waals surface area contributed by atoms with Gasteiger partial charge < -0.3 is 4.90 Å². The van der Waals surface area contributed by atoms with Crippen LogP contribution in [0.5, 0.6) is 0 Å². The van der Waals surface area contributed by atoms with Crippen LogP contribution in [0, 0.1) is 6.92 Å². The first kappa shape index (κ1) is 20.1. The van der Waals surface area contributed by atoms with E-state index in [4.69, 9.17) is 0 Å². The lowest BCUT2D eigenvalue weighted by atomic mass is 10.1. The number of aryl methyl sites for hydroxylation is 2. The van der Waals surface area contributed by atoms with Gasteiger partial charge in [0.15, 0.2) is 0 Å². The van der Waals surface area contributed by atoms with Gasteiger partial charge in [0.05, 0.1) is 4.90 Å². The van der Waals surface area contributed by atoms with Crippen LogP contribution in [0.25, 0.3) is 0 Å². The molecule has 0 spiro atoms. The van der Waals surface area contributed by atoms with Crippen LogP contribution < -0.4 is 4.72 Å². The lowest BCUT2D eigenvalue weighted by Crippen LogP contribution is -2.37. The van der Waals surface area contributed by atoms with Gasteiger partial charge in [-0.2, -0.15) is 0 Å². The Bertz CT molecular complexity index is 828. The summed E-state index contributed by atoms with van der Waals surface area (Å²) in [5.74, 6) is -0.0860. The van der Waals surface area contributed by atoms with Crippen molar-refractivity contribution < 1.29 is 13.2 Å². The zero-order chi connectivity index (χ0) is 19.2. The predicted molar refractivity (Wildman–Crippen MR) is 103 cm³/mol. The molecule has 1 amide bonds. The minimum Gasteiger partial charge on any atom is -0.337 e. The third-order valence-corrected chi connectivity index (χ3v) is 5.73. The Morgan fingerprint density at radius 1 is 1.00 bits per heavy atom. The molecule has 2 rings (SSSR count). The van der Waals surface area contributed by atoms with Crippen LogP contribution in [0.1, 0.15) is 30.5 Å². The minimum absolute atomic E-state index is 0.0860. The smallest absolute Gasteiger partial charge is 0.240 e. The fraction of sp³-hybridized carbons (Fsp3) is 0.350. The molecule has 0 saturated heterocycles. The molecule has 0 aliphatic heterocycles. The van der Waals surface area contributed by atoms with Crippen LogP contribution in [0.15, 0.2) is 53.4 Å². The van der Waals surface area contributed by atoms with Crippen molar-refractivity contribution in [3.63, 3.8) is 0 Å². The third kappa shape index (κ3) is 5.68. The minimum atomic E-state index is -3.57. The van der Waals surface area contributed by atoms with Gasteiger partial charge in [-0.3, -0.25) is 4.79 Å². The third-order valence-electron chi connectivity index (χ3n) is 4.26. The number of rotatable bonds is 8. The summed E-state index contributed by atoms with van der Waals surface area (Å²) < 4.78 is 27.3. The molecule has 0 fully saturated rings. The summed E-state index contributed by atoms with van der Waals surface area (Å²) in [7, 11) is -3.57. The highest BCUT2D eigenvalue weighted by atomic mass is 32.2. The van der Waals surface area contributed by atoms with Crippen molar-refractivity contribution in [2.24, 2.45) is 0 Å². The normalized spacial score (nSPS) is 11.3. The number of amides is 1. The second-order valence-electron chi connectivity index (χ2n) is 6.32. The number of benzene rings is 2. The molecular formula is C20H26N2O3S. The molecular weight excluding hydrogens is 348 g/mol. The largest absolute Gasteiger partial charge is 0.337 e. The molecule has 140 valence electrons. The van der Waals surface area contributed by atoms with Crippen molar-refractivity contribution in [2.45, 2.75) is 38.6 Å².